The number of anilines is 1. The molecule has 0 bridgehead atoms. The van der Waals surface area contributed by atoms with Crippen LogP contribution in [0.3, 0.4) is 0 Å². The van der Waals surface area contributed by atoms with Crippen LogP contribution < -0.4 is 10.6 Å². The van der Waals surface area contributed by atoms with Crippen LogP contribution >= 0.6 is 11.8 Å². The van der Waals surface area contributed by atoms with Crippen LogP contribution in [0.25, 0.3) is 5.65 Å². The van der Waals surface area contributed by atoms with Gasteiger partial charge in [-0.25, -0.2) is 4.98 Å². The van der Waals surface area contributed by atoms with Crippen molar-refractivity contribution in [2.45, 2.75) is 48.8 Å². The Hall–Kier alpha value is -2.68. The monoisotopic (exact) mass is 448 g/mol. The number of nitrogens with one attached hydrogen (secondary N) is 2. The summed E-state index contributed by atoms with van der Waals surface area (Å²) in [7, 11) is 0. The number of fused-ring (bicyclic) bond motifs is 1. The minimum Gasteiger partial charge on any atom is -0.368 e. The zero-order valence-corrected chi connectivity index (χ0v) is 17.8. The van der Waals surface area contributed by atoms with E-state index < -0.39 is 11.9 Å². The number of thioether (sulfide) groups is 1. The quantitative estimate of drug-likeness (QED) is 0.525. The van der Waals surface area contributed by atoms with E-state index in [1.54, 1.807) is 30.0 Å². The molecule has 1 aromatic carbocycles. The average Bonchev–Trinajstić information content (AvgIpc) is 3.21. The first kappa shape index (κ1) is 21.5. The van der Waals surface area contributed by atoms with E-state index in [1.165, 1.54) is 4.40 Å². The van der Waals surface area contributed by atoms with E-state index in [1.807, 2.05) is 30.5 Å². The lowest BCUT2D eigenvalue weighted by Crippen LogP contribution is -2.40. The molecule has 2 aromatic heterocycles. The first-order chi connectivity index (χ1) is 14.8. The Morgan fingerprint density at radius 3 is 2.39 bits per heavy atom. The Kier molecular flexibility index (Phi) is 6.13. The van der Waals surface area contributed by atoms with Gasteiger partial charge in [0.2, 0.25) is 0 Å². The molecule has 1 amide bonds. The number of benzene rings is 1. The van der Waals surface area contributed by atoms with Crippen molar-refractivity contribution in [2.75, 3.05) is 11.6 Å². The van der Waals surface area contributed by atoms with Crippen LogP contribution in [-0.4, -0.2) is 33.6 Å². The summed E-state index contributed by atoms with van der Waals surface area (Å²) in [6, 6.07) is 12.7. The van der Waals surface area contributed by atoms with Crippen molar-refractivity contribution in [1.29, 1.82) is 0 Å². The van der Waals surface area contributed by atoms with Gasteiger partial charge in [0.05, 0.1) is 0 Å². The zero-order chi connectivity index (χ0) is 22.0. The Labute approximate surface area is 182 Å². The van der Waals surface area contributed by atoms with E-state index >= 15 is 0 Å². The second kappa shape index (κ2) is 8.82. The van der Waals surface area contributed by atoms with Gasteiger partial charge in [0, 0.05) is 28.7 Å². The van der Waals surface area contributed by atoms with Gasteiger partial charge in [-0.15, -0.1) is 11.8 Å². The lowest BCUT2D eigenvalue weighted by atomic mass is 9.91. The summed E-state index contributed by atoms with van der Waals surface area (Å²) in [4.78, 5) is 17.3. The summed E-state index contributed by atoms with van der Waals surface area (Å²) in [6.07, 6.45) is 1.77. The van der Waals surface area contributed by atoms with Gasteiger partial charge in [-0.3, -0.25) is 9.20 Å². The molecule has 164 valence electrons. The molecule has 0 radical (unpaired) electrons. The standard InChI is InChI=1S/C22H23F3N4OS/c1-31-17-11-5-14(6-12-17)21(30)27-16-9-7-15(8-10-16)26-19-3-2-4-20-28-18(13-29(19)20)22(23,24)25/h2-6,11-13,15-16,26H,7-10H2,1H3,(H,27,30). The van der Waals surface area contributed by atoms with E-state index in [9.17, 15) is 18.0 Å². The molecule has 1 aliphatic rings. The molecule has 2 heterocycles. The molecule has 3 aromatic rings. The fraction of sp³-hybridized carbons (Fsp3) is 0.364. The van der Waals surface area contributed by atoms with Gasteiger partial charge >= 0.3 is 6.18 Å². The Morgan fingerprint density at radius 2 is 1.74 bits per heavy atom. The van der Waals surface area contributed by atoms with E-state index in [2.05, 4.69) is 15.6 Å². The normalized spacial score (nSPS) is 19.4. The van der Waals surface area contributed by atoms with E-state index in [0.717, 1.165) is 36.8 Å². The molecular formula is C22H23F3N4OS. The van der Waals surface area contributed by atoms with Gasteiger partial charge in [-0.05, 0) is 68.3 Å². The van der Waals surface area contributed by atoms with Crippen molar-refractivity contribution in [1.82, 2.24) is 14.7 Å². The summed E-state index contributed by atoms with van der Waals surface area (Å²) in [5.41, 5.74) is -0.00481. The van der Waals surface area contributed by atoms with Crippen LogP contribution in [0.15, 0.2) is 53.6 Å². The first-order valence-corrected chi connectivity index (χ1v) is 11.3. The summed E-state index contributed by atoms with van der Waals surface area (Å²) in [5.74, 6) is 0.508. The number of alkyl halides is 3. The molecule has 0 atom stereocenters. The number of carbonyl (C=O) groups excluding carboxylic acids is 1. The third-order valence-corrected chi connectivity index (χ3v) is 6.29. The molecule has 0 aliphatic heterocycles. The number of hydrogen-bond acceptors (Lipinski definition) is 4. The predicted octanol–water partition coefficient (Wildman–Crippen LogP) is 5.23. The molecule has 9 heteroatoms. The number of pyridine rings is 1. The zero-order valence-electron chi connectivity index (χ0n) is 16.9. The van der Waals surface area contributed by atoms with Gasteiger partial charge in [0.25, 0.3) is 5.91 Å². The highest BCUT2D eigenvalue weighted by atomic mass is 32.2. The maximum atomic E-state index is 13.0. The number of carbonyl (C=O) groups is 1. The van der Waals surface area contributed by atoms with Crippen molar-refractivity contribution < 1.29 is 18.0 Å². The van der Waals surface area contributed by atoms with Gasteiger partial charge in [-0.1, -0.05) is 6.07 Å². The molecule has 4 rings (SSSR count). The van der Waals surface area contributed by atoms with E-state index in [-0.39, 0.29) is 23.6 Å². The predicted molar refractivity (Wildman–Crippen MR) is 116 cm³/mol. The van der Waals surface area contributed by atoms with Gasteiger partial charge in [-0.2, -0.15) is 13.2 Å². The molecule has 0 saturated heterocycles. The van der Waals surface area contributed by atoms with Crippen molar-refractivity contribution in [3.8, 4) is 0 Å². The summed E-state index contributed by atoms with van der Waals surface area (Å²) >= 11 is 1.63. The number of hydrogen-bond donors (Lipinski definition) is 2. The number of amides is 1. The van der Waals surface area contributed by atoms with Crippen LogP contribution in [0.2, 0.25) is 0 Å². The van der Waals surface area contributed by atoms with E-state index in [4.69, 9.17) is 0 Å². The summed E-state index contributed by atoms with van der Waals surface area (Å²) in [6.45, 7) is 0. The minimum absolute atomic E-state index is 0.0769. The van der Waals surface area contributed by atoms with Crippen LogP contribution in [-0.2, 0) is 6.18 Å². The van der Waals surface area contributed by atoms with Gasteiger partial charge in [0.15, 0.2) is 5.69 Å². The molecule has 1 aliphatic carbocycles. The second-order valence-corrected chi connectivity index (χ2v) is 8.54. The first-order valence-electron chi connectivity index (χ1n) is 10.1. The average molecular weight is 449 g/mol. The molecule has 1 fully saturated rings. The van der Waals surface area contributed by atoms with Crippen molar-refractivity contribution in [2.24, 2.45) is 0 Å². The molecule has 1 saturated carbocycles. The lowest BCUT2D eigenvalue weighted by Gasteiger charge is -2.30. The summed E-state index contributed by atoms with van der Waals surface area (Å²) < 4.78 is 40.4. The van der Waals surface area contributed by atoms with Crippen molar-refractivity contribution >= 4 is 29.1 Å². The third kappa shape index (κ3) is 4.98. The topological polar surface area (TPSA) is 58.4 Å². The molecular weight excluding hydrogens is 425 g/mol. The highest BCUT2D eigenvalue weighted by Gasteiger charge is 2.34. The number of halogens is 3. The fourth-order valence-corrected chi connectivity index (χ4v) is 4.28. The number of imidazole rings is 1. The minimum atomic E-state index is -4.48. The van der Waals surface area contributed by atoms with Crippen LogP contribution in [0, 0.1) is 0 Å². The van der Waals surface area contributed by atoms with Gasteiger partial charge in [0.1, 0.15) is 11.5 Å². The number of nitrogens with zero attached hydrogens (tertiary/aromatic N) is 2. The van der Waals surface area contributed by atoms with Gasteiger partial charge < -0.3 is 10.6 Å². The fourth-order valence-electron chi connectivity index (χ4n) is 3.87. The molecule has 31 heavy (non-hydrogen) atoms. The molecule has 0 unspecified atom stereocenters. The van der Waals surface area contributed by atoms with Crippen LogP contribution in [0.1, 0.15) is 41.7 Å². The van der Waals surface area contributed by atoms with Crippen LogP contribution in [0.5, 0.6) is 0 Å². The van der Waals surface area contributed by atoms with Crippen LogP contribution in [0.4, 0.5) is 19.0 Å². The van der Waals surface area contributed by atoms with E-state index in [0.29, 0.717) is 11.4 Å². The second-order valence-electron chi connectivity index (χ2n) is 7.66. The Balaban J connectivity index is 1.35. The number of aromatic nitrogens is 2. The smallest absolute Gasteiger partial charge is 0.368 e. The highest BCUT2D eigenvalue weighted by Crippen LogP contribution is 2.30. The molecule has 0 spiro atoms. The SMILES string of the molecule is CSc1ccc(C(=O)NC2CCC(Nc3cccc4nc(C(F)(F)F)cn34)CC2)cc1. The van der Waals surface area contributed by atoms with Crippen molar-refractivity contribution in [3.63, 3.8) is 0 Å². The number of rotatable bonds is 5. The maximum Gasteiger partial charge on any atom is 0.434 e. The summed E-state index contributed by atoms with van der Waals surface area (Å²) in [5, 5.41) is 6.44. The largest absolute Gasteiger partial charge is 0.434 e. The Bertz CT molecular complexity index is 1060. The lowest BCUT2D eigenvalue weighted by molar-refractivity contribution is -0.140. The maximum absolute atomic E-state index is 13.0. The molecule has 5 nitrogen and oxygen atoms in total. The molecule has 2 N–H and O–H groups in total. The third-order valence-electron chi connectivity index (χ3n) is 5.55. The highest BCUT2D eigenvalue weighted by molar-refractivity contribution is 7.98. The Morgan fingerprint density at radius 1 is 1.06 bits per heavy atom. The van der Waals surface area contributed by atoms with Crippen molar-refractivity contribution in [3.05, 3.63) is 59.9 Å².